The van der Waals surface area contributed by atoms with E-state index in [1.807, 2.05) is 55.5 Å². The summed E-state index contributed by atoms with van der Waals surface area (Å²) in [4.78, 5) is 0. The van der Waals surface area contributed by atoms with E-state index in [2.05, 4.69) is 20.8 Å². The molecule has 0 unspecified atom stereocenters. The highest BCUT2D eigenvalue weighted by Crippen LogP contribution is 2.32. The molecule has 0 amide bonds. The van der Waals surface area contributed by atoms with E-state index in [0.717, 1.165) is 29.8 Å². The first-order valence-corrected chi connectivity index (χ1v) is 10.5. The lowest BCUT2D eigenvalue weighted by atomic mass is 10.1. The van der Waals surface area contributed by atoms with Crippen LogP contribution in [-0.2, 0) is 13.0 Å². The topological polar surface area (TPSA) is 74.1 Å². The Morgan fingerprint density at radius 1 is 0.938 bits per heavy atom. The molecular weight excluding hydrogens is 409 g/mol. The number of aromatic nitrogens is 4. The second kappa shape index (κ2) is 10.5. The highest BCUT2D eigenvalue weighted by atomic mass is 19.1. The molecular formula is C24H24FN5O2. The number of hydrogen-bond donors (Lipinski definition) is 1. The number of rotatable bonds is 10. The average Bonchev–Trinajstić information content (AvgIpc) is 3.28. The Labute approximate surface area is 185 Å². The van der Waals surface area contributed by atoms with E-state index in [1.54, 1.807) is 12.1 Å². The second-order valence-electron chi connectivity index (χ2n) is 7.08. The molecule has 0 aliphatic carbocycles. The normalized spacial score (nSPS) is 10.8. The summed E-state index contributed by atoms with van der Waals surface area (Å²) in [5.74, 6) is 0.937. The van der Waals surface area contributed by atoms with Gasteiger partial charge in [0.2, 0.25) is 0 Å². The van der Waals surface area contributed by atoms with Crippen LogP contribution in [0, 0.1) is 5.82 Å². The van der Waals surface area contributed by atoms with Gasteiger partial charge in [-0.1, -0.05) is 41.5 Å². The van der Waals surface area contributed by atoms with Gasteiger partial charge in [0.15, 0.2) is 11.5 Å². The standard InChI is InChI=1S/C24H24FN5O2/c1-2-31-23-16-19(17-26-15-14-18-8-11-20(25)12-9-18)10-13-22(23)32-24-27-28-29-30(24)21-6-4-3-5-7-21/h3-13,16,26H,2,14-15,17H2,1H3. The first-order chi connectivity index (χ1) is 15.7. The molecule has 3 aromatic carbocycles. The summed E-state index contributed by atoms with van der Waals surface area (Å²) in [5.41, 5.74) is 2.95. The maximum atomic E-state index is 13.0. The Balaban J connectivity index is 1.41. The zero-order valence-electron chi connectivity index (χ0n) is 17.7. The molecule has 0 atom stereocenters. The molecule has 32 heavy (non-hydrogen) atoms. The van der Waals surface area contributed by atoms with Gasteiger partial charge in [0.25, 0.3) is 0 Å². The van der Waals surface area contributed by atoms with Crippen LogP contribution in [0.3, 0.4) is 0 Å². The fraction of sp³-hybridized carbons (Fsp3) is 0.208. The molecule has 1 aromatic heterocycles. The first-order valence-electron chi connectivity index (χ1n) is 10.5. The van der Waals surface area contributed by atoms with Crippen molar-refractivity contribution in [3.63, 3.8) is 0 Å². The monoisotopic (exact) mass is 433 g/mol. The lowest BCUT2D eigenvalue weighted by Crippen LogP contribution is -2.16. The average molecular weight is 433 g/mol. The van der Waals surface area contributed by atoms with Gasteiger partial charge in [0.1, 0.15) is 5.82 Å². The minimum absolute atomic E-state index is 0.217. The number of tetrazole rings is 1. The minimum atomic E-state index is -0.217. The van der Waals surface area contributed by atoms with E-state index in [9.17, 15) is 4.39 Å². The molecule has 8 heteroatoms. The Morgan fingerprint density at radius 3 is 2.50 bits per heavy atom. The van der Waals surface area contributed by atoms with Crippen molar-refractivity contribution in [3.8, 4) is 23.2 Å². The molecule has 0 fully saturated rings. The Kier molecular flexibility index (Phi) is 7.04. The lowest BCUT2D eigenvalue weighted by molar-refractivity contribution is 0.315. The molecule has 4 aromatic rings. The molecule has 4 rings (SSSR count). The summed E-state index contributed by atoms with van der Waals surface area (Å²) in [6, 6.07) is 22.1. The Hall–Kier alpha value is -3.78. The van der Waals surface area contributed by atoms with Gasteiger partial charge < -0.3 is 14.8 Å². The molecule has 7 nitrogen and oxygen atoms in total. The van der Waals surface area contributed by atoms with Crippen LogP contribution >= 0.6 is 0 Å². The minimum Gasteiger partial charge on any atom is -0.490 e. The summed E-state index contributed by atoms with van der Waals surface area (Å²) in [5, 5.41) is 15.1. The fourth-order valence-corrected chi connectivity index (χ4v) is 3.20. The molecule has 0 saturated heterocycles. The van der Waals surface area contributed by atoms with Crippen LogP contribution in [0.2, 0.25) is 0 Å². The zero-order valence-corrected chi connectivity index (χ0v) is 17.7. The molecule has 0 spiro atoms. The summed E-state index contributed by atoms with van der Waals surface area (Å²) in [6.45, 7) is 3.87. The highest BCUT2D eigenvalue weighted by Gasteiger charge is 2.14. The highest BCUT2D eigenvalue weighted by molar-refractivity contribution is 5.45. The van der Waals surface area contributed by atoms with E-state index >= 15 is 0 Å². The van der Waals surface area contributed by atoms with E-state index < -0.39 is 0 Å². The largest absolute Gasteiger partial charge is 0.490 e. The number of nitrogens with one attached hydrogen (secondary N) is 1. The van der Waals surface area contributed by atoms with Gasteiger partial charge in [-0.2, -0.15) is 4.68 Å². The van der Waals surface area contributed by atoms with E-state index in [0.29, 0.717) is 24.7 Å². The third-order valence-electron chi connectivity index (χ3n) is 4.78. The quantitative estimate of drug-likeness (QED) is 0.376. The van der Waals surface area contributed by atoms with Crippen molar-refractivity contribution in [2.24, 2.45) is 0 Å². The first kappa shape index (κ1) is 21.5. The molecule has 1 N–H and O–H groups in total. The summed E-state index contributed by atoms with van der Waals surface area (Å²) < 4.78 is 26.3. The predicted octanol–water partition coefficient (Wildman–Crippen LogP) is 4.32. The van der Waals surface area contributed by atoms with Crippen molar-refractivity contribution in [3.05, 3.63) is 89.7 Å². The number of benzene rings is 3. The van der Waals surface area contributed by atoms with Crippen molar-refractivity contribution in [2.45, 2.75) is 19.9 Å². The van der Waals surface area contributed by atoms with Gasteiger partial charge >= 0.3 is 6.01 Å². The van der Waals surface area contributed by atoms with Crippen molar-refractivity contribution in [1.82, 2.24) is 25.5 Å². The fourth-order valence-electron chi connectivity index (χ4n) is 3.20. The number of ether oxygens (including phenoxy) is 2. The maximum absolute atomic E-state index is 13.0. The van der Waals surface area contributed by atoms with Gasteiger partial charge in [-0.05, 0) is 77.8 Å². The van der Waals surface area contributed by atoms with Gasteiger partial charge in [0, 0.05) is 6.54 Å². The SMILES string of the molecule is CCOc1cc(CNCCc2ccc(F)cc2)ccc1Oc1nnnn1-c1ccccc1. The Morgan fingerprint density at radius 2 is 1.72 bits per heavy atom. The number of nitrogens with zero attached hydrogens (tertiary/aromatic N) is 4. The Bertz CT molecular complexity index is 1130. The molecule has 0 saturated carbocycles. The molecule has 0 bridgehead atoms. The van der Waals surface area contributed by atoms with Gasteiger partial charge in [0.05, 0.1) is 12.3 Å². The van der Waals surface area contributed by atoms with Crippen LogP contribution in [-0.4, -0.2) is 33.4 Å². The van der Waals surface area contributed by atoms with Crippen LogP contribution in [0.1, 0.15) is 18.1 Å². The maximum Gasteiger partial charge on any atom is 0.346 e. The summed E-state index contributed by atoms with van der Waals surface area (Å²) in [7, 11) is 0. The van der Waals surface area contributed by atoms with Gasteiger partial charge in [-0.15, -0.1) is 0 Å². The zero-order chi connectivity index (χ0) is 22.2. The third kappa shape index (κ3) is 5.47. The van der Waals surface area contributed by atoms with E-state index in [1.165, 1.54) is 16.8 Å². The van der Waals surface area contributed by atoms with Crippen LogP contribution in [0.5, 0.6) is 17.5 Å². The predicted molar refractivity (Wildman–Crippen MR) is 119 cm³/mol. The van der Waals surface area contributed by atoms with Gasteiger partial charge in [-0.25, -0.2) is 4.39 Å². The lowest BCUT2D eigenvalue weighted by Gasteiger charge is -2.13. The molecule has 0 aliphatic heterocycles. The number of hydrogen-bond acceptors (Lipinski definition) is 6. The smallest absolute Gasteiger partial charge is 0.346 e. The van der Waals surface area contributed by atoms with Gasteiger partial charge in [-0.3, -0.25) is 0 Å². The van der Waals surface area contributed by atoms with E-state index in [-0.39, 0.29) is 11.8 Å². The summed E-state index contributed by atoms with van der Waals surface area (Å²) in [6.07, 6.45) is 0.821. The van der Waals surface area contributed by atoms with Crippen molar-refractivity contribution in [1.29, 1.82) is 0 Å². The molecule has 1 heterocycles. The molecule has 0 aliphatic rings. The molecule has 0 radical (unpaired) electrons. The summed E-state index contributed by atoms with van der Waals surface area (Å²) >= 11 is 0. The van der Waals surface area contributed by atoms with E-state index in [4.69, 9.17) is 9.47 Å². The number of para-hydroxylation sites is 1. The van der Waals surface area contributed by atoms with Crippen LogP contribution in [0.25, 0.3) is 5.69 Å². The van der Waals surface area contributed by atoms with Crippen LogP contribution in [0.15, 0.2) is 72.8 Å². The molecule has 164 valence electrons. The van der Waals surface area contributed by atoms with Crippen LogP contribution in [0.4, 0.5) is 4.39 Å². The van der Waals surface area contributed by atoms with Crippen LogP contribution < -0.4 is 14.8 Å². The van der Waals surface area contributed by atoms with Crippen molar-refractivity contribution < 1.29 is 13.9 Å². The third-order valence-corrected chi connectivity index (χ3v) is 4.78. The van der Waals surface area contributed by atoms with Crippen molar-refractivity contribution >= 4 is 0 Å². The number of halogens is 1. The van der Waals surface area contributed by atoms with Crippen molar-refractivity contribution in [2.75, 3.05) is 13.2 Å². The second-order valence-corrected chi connectivity index (χ2v) is 7.08.